The summed E-state index contributed by atoms with van der Waals surface area (Å²) < 4.78 is 14.2. The van der Waals surface area contributed by atoms with Crippen molar-refractivity contribution in [2.75, 3.05) is 39.0 Å². The molecule has 5 rings (SSSR count). The molecule has 9 heteroatoms. The molecule has 0 unspecified atom stereocenters. The molecular weight excluding hydrogens is 443 g/mol. The molecule has 0 saturated carbocycles. The Morgan fingerprint density at radius 2 is 2.06 bits per heavy atom. The van der Waals surface area contributed by atoms with E-state index in [4.69, 9.17) is 4.98 Å². The fourth-order valence-electron chi connectivity index (χ4n) is 4.30. The highest BCUT2D eigenvalue weighted by Crippen LogP contribution is 2.29. The van der Waals surface area contributed by atoms with E-state index in [2.05, 4.69) is 56.4 Å². The molecule has 1 fully saturated rings. The number of nitrogens with one attached hydrogen (secondary N) is 3. The van der Waals surface area contributed by atoms with Crippen LogP contribution in [0.5, 0.6) is 0 Å². The van der Waals surface area contributed by atoms with Gasteiger partial charge < -0.3 is 20.5 Å². The zero-order valence-electron chi connectivity index (χ0n) is 21.0. The van der Waals surface area contributed by atoms with Crippen LogP contribution in [0.3, 0.4) is 0 Å². The highest BCUT2D eigenvalue weighted by molar-refractivity contribution is 5.94. The van der Waals surface area contributed by atoms with E-state index in [1.807, 2.05) is 35.4 Å². The van der Waals surface area contributed by atoms with E-state index in [1.165, 1.54) is 0 Å². The van der Waals surface area contributed by atoms with Gasteiger partial charge in [0, 0.05) is 47.7 Å². The molecule has 0 atom stereocenters. The maximum atomic E-state index is 12.3. The van der Waals surface area contributed by atoms with Crippen molar-refractivity contribution in [1.82, 2.24) is 34.8 Å². The first-order valence-corrected chi connectivity index (χ1v) is 12.0. The molecule has 4 aromatic heterocycles. The number of pyridine rings is 1. The van der Waals surface area contributed by atoms with Gasteiger partial charge in [0.1, 0.15) is 11.3 Å². The number of aromatic amines is 1. The molecular formula is C26H35FN8. The number of piperidine rings is 1. The Morgan fingerprint density at radius 1 is 1.29 bits per heavy atom. The predicted molar refractivity (Wildman–Crippen MR) is 141 cm³/mol. The zero-order valence-corrected chi connectivity index (χ0v) is 21.0. The largest absolute Gasteiger partial charge is 0.351 e. The predicted octanol–water partition coefficient (Wildman–Crippen LogP) is 4.38. The Bertz CT molecular complexity index is 1280. The number of hydrogen-bond acceptors (Lipinski definition) is 6. The van der Waals surface area contributed by atoms with Gasteiger partial charge in [-0.05, 0) is 71.6 Å². The molecule has 0 aliphatic carbocycles. The molecule has 5 heterocycles. The van der Waals surface area contributed by atoms with Crippen molar-refractivity contribution >= 4 is 28.6 Å². The van der Waals surface area contributed by atoms with Gasteiger partial charge in [-0.1, -0.05) is 12.7 Å². The van der Waals surface area contributed by atoms with Crippen molar-refractivity contribution < 1.29 is 4.39 Å². The Morgan fingerprint density at radius 3 is 2.71 bits per heavy atom. The van der Waals surface area contributed by atoms with Crippen LogP contribution in [0.2, 0.25) is 0 Å². The van der Waals surface area contributed by atoms with Gasteiger partial charge in [-0.15, -0.1) is 0 Å². The van der Waals surface area contributed by atoms with Gasteiger partial charge >= 0.3 is 0 Å². The molecule has 35 heavy (non-hydrogen) atoms. The van der Waals surface area contributed by atoms with E-state index < -0.39 is 5.67 Å². The second-order valence-corrected chi connectivity index (χ2v) is 9.68. The first-order chi connectivity index (χ1) is 16.8. The Hall–Kier alpha value is -3.30. The monoisotopic (exact) mass is 478 g/mol. The van der Waals surface area contributed by atoms with Crippen molar-refractivity contribution in [2.24, 2.45) is 0 Å². The smallest absolute Gasteiger partial charge is 0.224 e. The third kappa shape index (κ3) is 6.04. The molecule has 1 saturated heterocycles. The normalized spacial score (nSPS) is 15.2. The van der Waals surface area contributed by atoms with E-state index in [9.17, 15) is 4.39 Å². The summed E-state index contributed by atoms with van der Waals surface area (Å²) in [5.74, 6) is 0.690. The lowest BCUT2D eigenvalue weighted by molar-refractivity contribution is 0.215. The number of fused-ring (bicyclic) bond motifs is 2. The lowest BCUT2D eigenvalue weighted by Gasteiger charge is -2.29. The molecule has 0 amide bonds. The van der Waals surface area contributed by atoms with Crippen LogP contribution in [0.1, 0.15) is 32.3 Å². The first kappa shape index (κ1) is 24.8. The topological polar surface area (TPSA) is 86.2 Å². The van der Waals surface area contributed by atoms with Crippen LogP contribution in [-0.2, 0) is 0 Å². The summed E-state index contributed by atoms with van der Waals surface area (Å²) in [5, 5.41) is 11.6. The zero-order chi connectivity index (χ0) is 25.0. The second kappa shape index (κ2) is 10.5. The number of aromatic nitrogens is 5. The van der Waals surface area contributed by atoms with Crippen LogP contribution in [0, 0.1) is 0 Å². The van der Waals surface area contributed by atoms with E-state index >= 15 is 0 Å². The standard InChI is InChI=1S/C21H23N7.C5H12FN/c1-3-14-11-24-28-9-4-15(10-19(14)28)17-12-22-20-18(17)13-23-21(26-20)25-16-5-7-27(2)8-6-16;1-5(2,6)4-7-3/h3-4,9-13,16H,1,5-8H2,2H3,(H2,22,23,25,26);7H,4H2,1-3H3. The van der Waals surface area contributed by atoms with Crippen molar-refractivity contribution in [2.45, 2.75) is 38.4 Å². The first-order valence-electron chi connectivity index (χ1n) is 12.0. The fourth-order valence-corrected chi connectivity index (χ4v) is 4.30. The molecule has 1 aliphatic heterocycles. The highest BCUT2D eigenvalue weighted by atomic mass is 19.1. The van der Waals surface area contributed by atoms with E-state index in [0.29, 0.717) is 18.5 Å². The molecule has 4 aromatic rings. The number of H-pyrrole nitrogens is 1. The molecule has 186 valence electrons. The van der Waals surface area contributed by atoms with Crippen LogP contribution in [0.25, 0.3) is 33.8 Å². The minimum atomic E-state index is -1.06. The quantitative estimate of drug-likeness (QED) is 0.381. The molecule has 0 bridgehead atoms. The van der Waals surface area contributed by atoms with Crippen LogP contribution in [0.4, 0.5) is 10.3 Å². The summed E-state index contributed by atoms with van der Waals surface area (Å²) in [4.78, 5) is 14.9. The molecule has 0 aromatic carbocycles. The summed E-state index contributed by atoms with van der Waals surface area (Å²) in [6, 6.07) is 4.61. The number of anilines is 1. The van der Waals surface area contributed by atoms with Gasteiger partial charge in [0.25, 0.3) is 0 Å². The number of hydrogen-bond donors (Lipinski definition) is 3. The van der Waals surface area contributed by atoms with Gasteiger partial charge in [0.15, 0.2) is 0 Å². The second-order valence-electron chi connectivity index (χ2n) is 9.68. The van der Waals surface area contributed by atoms with Gasteiger partial charge in [-0.2, -0.15) is 10.1 Å². The van der Waals surface area contributed by atoms with Gasteiger partial charge in [0.05, 0.1) is 11.7 Å². The van der Waals surface area contributed by atoms with Crippen LogP contribution >= 0.6 is 0 Å². The highest BCUT2D eigenvalue weighted by Gasteiger charge is 2.18. The van der Waals surface area contributed by atoms with Gasteiger partial charge in [-0.25, -0.2) is 13.9 Å². The number of nitrogens with zero attached hydrogens (tertiary/aromatic N) is 5. The summed E-state index contributed by atoms with van der Waals surface area (Å²) >= 11 is 0. The minimum absolute atomic E-state index is 0.424. The summed E-state index contributed by atoms with van der Waals surface area (Å²) in [7, 11) is 3.90. The summed E-state index contributed by atoms with van der Waals surface area (Å²) in [5.41, 5.74) is 4.01. The SMILES string of the molecule is C=Cc1cnn2ccc(-c3c[nH]c4nc(NC5CCN(C)CC5)ncc34)cc12.CNCC(C)(C)F. The number of halogens is 1. The van der Waals surface area contributed by atoms with Gasteiger partial charge in [-0.3, -0.25) is 0 Å². The lowest BCUT2D eigenvalue weighted by Crippen LogP contribution is -2.37. The van der Waals surface area contributed by atoms with Crippen molar-refractivity contribution in [3.05, 3.63) is 49.1 Å². The fraction of sp³-hybridized carbons (Fsp3) is 0.423. The van der Waals surface area contributed by atoms with Gasteiger partial charge in [0.2, 0.25) is 5.95 Å². The molecule has 3 N–H and O–H groups in total. The average Bonchev–Trinajstić information content (AvgIpc) is 3.43. The van der Waals surface area contributed by atoms with E-state index in [1.54, 1.807) is 20.9 Å². The number of alkyl halides is 1. The lowest BCUT2D eigenvalue weighted by atomic mass is 10.1. The van der Waals surface area contributed by atoms with Crippen LogP contribution in [0.15, 0.2) is 43.5 Å². The Balaban J connectivity index is 0.000000364. The van der Waals surface area contributed by atoms with Crippen LogP contribution in [-0.4, -0.2) is 74.9 Å². The number of rotatable bonds is 6. The summed E-state index contributed by atoms with van der Waals surface area (Å²) in [6.45, 7) is 9.60. The molecule has 8 nitrogen and oxygen atoms in total. The Labute approximate surface area is 205 Å². The molecule has 1 aliphatic rings. The maximum Gasteiger partial charge on any atom is 0.224 e. The van der Waals surface area contributed by atoms with Crippen molar-refractivity contribution in [1.29, 1.82) is 0 Å². The van der Waals surface area contributed by atoms with Crippen LogP contribution < -0.4 is 10.6 Å². The maximum absolute atomic E-state index is 12.3. The molecule has 0 spiro atoms. The minimum Gasteiger partial charge on any atom is -0.351 e. The molecule has 0 radical (unpaired) electrons. The van der Waals surface area contributed by atoms with Crippen molar-refractivity contribution in [3.63, 3.8) is 0 Å². The third-order valence-electron chi connectivity index (χ3n) is 6.16. The average molecular weight is 479 g/mol. The number of likely N-dealkylation sites (tertiary alicyclic amines) is 1. The van der Waals surface area contributed by atoms with E-state index in [-0.39, 0.29) is 0 Å². The third-order valence-corrected chi connectivity index (χ3v) is 6.16. The Kier molecular flexibility index (Phi) is 7.47. The van der Waals surface area contributed by atoms with E-state index in [0.717, 1.165) is 59.2 Å². The summed E-state index contributed by atoms with van der Waals surface area (Å²) in [6.07, 6.45) is 11.7. The van der Waals surface area contributed by atoms with Crippen molar-refractivity contribution in [3.8, 4) is 11.1 Å².